The van der Waals surface area contributed by atoms with E-state index in [-0.39, 0.29) is 12.7 Å². The first kappa shape index (κ1) is 22.6. The molecule has 0 aromatic rings. The van der Waals surface area contributed by atoms with Gasteiger partial charge in [0.25, 0.3) is 0 Å². The predicted molar refractivity (Wildman–Crippen MR) is 43.9 cm³/mol. The largest absolute Gasteiger partial charge is 0.503 e. The van der Waals surface area contributed by atoms with E-state index in [1.807, 2.05) is 0 Å². The van der Waals surface area contributed by atoms with Crippen molar-refractivity contribution in [3.05, 3.63) is 25.8 Å². The molecule has 0 saturated carbocycles. The molecular weight excluding hydrogens is 206 g/mol. The van der Waals surface area contributed by atoms with Crippen LogP contribution in [0.1, 0.15) is 0 Å². The van der Waals surface area contributed by atoms with E-state index in [1.165, 1.54) is 0 Å². The lowest BCUT2D eigenvalue weighted by molar-refractivity contribution is 0.135. The highest BCUT2D eigenvalue weighted by Gasteiger charge is 1.70. The number of hydrogen-bond donors (Lipinski definition) is 4. The number of rotatable bonds is 0. The van der Waals surface area contributed by atoms with Crippen LogP contribution in [-0.2, 0) is 0 Å². The minimum Gasteiger partial charge on any atom is -0.450 e. The van der Waals surface area contributed by atoms with E-state index in [9.17, 15) is 8.78 Å². The maximum Gasteiger partial charge on any atom is 0.503 e. The molecule has 0 aliphatic heterocycles. The quantitative estimate of drug-likeness (QED) is 0.494. The zero-order chi connectivity index (χ0) is 12.6. The Labute approximate surface area is 78.0 Å². The van der Waals surface area contributed by atoms with Crippen LogP contribution in [0.3, 0.4) is 0 Å². The number of carboxylic acid groups (broad SMARTS) is 4. The smallest absolute Gasteiger partial charge is 0.450 e. The third-order valence-electron chi connectivity index (χ3n) is 0. The second-order valence-electron chi connectivity index (χ2n) is 0.874. The van der Waals surface area contributed by atoms with Gasteiger partial charge in [0.1, 0.15) is 0 Å². The maximum atomic E-state index is 10.1. The summed E-state index contributed by atoms with van der Waals surface area (Å²) in [5.74, 6) is 0. The van der Waals surface area contributed by atoms with Gasteiger partial charge in [-0.05, 0) is 0 Å². The Bertz CT molecular complexity index is 132. The van der Waals surface area contributed by atoms with E-state index in [1.54, 1.807) is 0 Å². The normalized spacial score (nSPS) is 5.29. The van der Waals surface area contributed by atoms with Gasteiger partial charge in [-0.25, -0.2) is 18.4 Å². The Hall–Kier alpha value is -2.12. The fourth-order valence-electron chi connectivity index (χ4n) is 0. The van der Waals surface area contributed by atoms with Crippen molar-refractivity contribution in [1.82, 2.24) is 0 Å². The molecule has 8 heteroatoms. The van der Waals surface area contributed by atoms with Crippen LogP contribution in [0.25, 0.3) is 0 Å². The minimum atomic E-state index is -1.83. The van der Waals surface area contributed by atoms with Crippen molar-refractivity contribution < 1.29 is 38.8 Å². The van der Waals surface area contributed by atoms with Crippen LogP contribution in [0.15, 0.2) is 25.8 Å². The molecule has 0 atom stereocenters. The molecule has 0 rings (SSSR count). The third kappa shape index (κ3) is 173. The molecule has 0 aliphatic rings. The zero-order valence-corrected chi connectivity index (χ0v) is 6.93. The molecule has 4 N–H and O–H groups in total. The van der Waals surface area contributed by atoms with E-state index >= 15 is 0 Å². The van der Waals surface area contributed by atoms with Crippen molar-refractivity contribution in [2.45, 2.75) is 0 Å². The van der Waals surface area contributed by atoms with E-state index in [0.29, 0.717) is 0 Å². The van der Waals surface area contributed by atoms with Crippen LogP contribution >= 0.6 is 0 Å². The molecule has 0 radical (unpaired) electrons. The summed E-state index contributed by atoms with van der Waals surface area (Å²) >= 11 is 0. The van der Waals surface area contributed by atoms with Crippen LogP contribution in [-0.4, -0.2) is 32.7 Å². The Morgan fingerprint density at radius 2 is 0.857 bits per heavy atom. The van der Waals surface area contributed by atoms with Crippen molar-refractivity contribution in [3.63, 3.8) is 0 Å². The van der Waals surface area contributed by atoms with Gasteiger partial charge in [0, 0.05) is 0 Å². The highest BCUT2D eigenvalue weighted by Crippen LogP contribution is 1.48. The average Bonchev–Trinajstić information content (AvgIpc) is 1.85. The third-order valence-corrected chi connectivity index (χ3v) is 0. The molecule has 0 bridgehead atoms. The summed E-state index contributed by atoms with van der Waals surface area (Å²) in [5.41, 5.74) is 0. The SMILES string of the molecule is C=CF.C=CF.O=C(O)O.O=C(O)O. The maximum absolute atomic E-state index is 10.1. The van der Waals surface area contributed by atoms with E-state index in [2.05, 4.69) is 13.2 Å². The molecule has 0 fully saturated rings. The van der Waals surface area contributed by atoms with Crippen LogP contribution in [0.2, 0.25) is 0 Å². The van der Waals surface area contributed by atoms with Gasteiger partial charge in [-0.2, -0.15) is 0 Å². The second-order valence-corrected chi connectivity index (χ2v) is 0.874. The molecule has 0 saturated heterocycles. The first-order valence-corrected chi connectivity index (χ1v) is 2.56. The van der Waals surface area contributed by atoms with Crippen LogP contribution < -0.4 is 0 Å². The van der Waals surface area contributed by atoms with Crippen LogP contribution in [0.5, 0.6) is 0 Å². The molecule has 0 aromatic carbocycles. The first-order valence-electron chi connectivity index (χ1n) is 2.56. The van der Waals surface area contributed by atoms with Gasteiger partial charge in [-0.3, -0.25) is 0 Å². The number of halogens is 2. The Balaban J connectivity index is -0.0000000482. The second kappa shape index (κ2) is 30.7. The lowest BCUT2D eigenvalue weighted by Gasteiger charge is -1.60. The highest BCUT2D eigenvalue weighted by molar-refractivity contribution is 5.53. The van der Waals surface area contributed by atoms with Crippen molar-refractivity contribution in [2.24, 2.45) is 0 Å². The van der Waals surface area contributed by atoms with Gasteiger partial charge in [-0.1, -0.05) is 13.2 Å². The van der Waals surface area contributed by atoms with Crippen LogP contribution in [0.4, 0.5) is 18.4 Å². The Kier molecular flexibility index (Phi) is 49.7. The van der Waals surface area contributed by atoms with E-state index in [0.717, 1.165) is 0 Å². The molecule has 84 valence electrons. The molecule has 0 heterocycles. The molecule has 14 heavy (non-hydrogen) atoms. The lowest BCUT2D eigenvalue weighted by Crippen LogP contribution is -1.81. The minimum absolute atomic E-state index is 0.250. The van der Waals surface area contributed by atoms with Gasteiger partial charge < -0.3 is 20.4 Å². The average molecular weight is 216 g/mol. The highest BCUT2D eigenvalue weighted by atomic mass is 19.1. The van der Waals surface area contributed by atoms with Gasteiger partial charge in [0.05, 0.1) is 12.7 Å². The fraction of sp³-hybridized carbons (Fsp3) is 0. The summed E-state index contributed by atoms with van der Waals surface area (Å²) in [6, 6.07) is 0. The molecule has 0 aromatic heterocycles. The van der Waals surface area contributed by atoms with Gasteiger partial charge in [-0.15, -0.1) is 0 Å². The van der Waals surface area contributed by atoms with Crippen molar-refractivity contribution in [3.8, 4) is 0 Å². The van der Waals surface area contributed by atoms with Crippen molar-refractivity contribution in [2.75, 3.05) is 0 Å². The Morgan fingerprint density at radius 3 is 0.857 bits per heavy atom. The molecule has 0 amide bonds. The summed E-state index contributed by atoms with van der Waals surface area (Å²) in [6.07, 6.45) is -3.17. The molecule has 0 spiro atoms. The molecule has 0 aliphatic carbocycles. The number of hydrogen-bond acceptors (Lipinski definition) is 2. The lowest BCUT2D eigenvalue weighted by atomic mass is 11.2. The molecule has 0 unspecified atom stereocenters. The van der Waals surface area contributed by atoms with E-state index < -0.39 is 12.3 Å². The Morgan fingerprint density at radius 1 is 0.857 bits per heavy atom. The molecular formula is C6H10F2O6. The molecule has 6 nitrogen and oxygen atoms in total. The standard InChI is InChI=1S/2C2H3F.2CH2O3/c2*1-2-3;2*2-1(3)4/h2*2H,1H2;2*(H2,2,3,4). The first-order chi connectivity index (χ1) is 6.29. The zero-order valence-electron chi connectivity index (χ0n) is 6.93. The predicted octanol–water partition coefficient (Wildman–Crippen LogP) is 2.64. The van der Waals surface area contributed by atoms with Gasteiger partial charge >= 0.3 is 12.3 Å². The van der Waals surface area contributed by atoms with Crippen LogP contribution in [0, 0.1) is 0 Å². The monoisotopic (exact) mass is 216 g/mol. The summed E-state index contributed by atoms with van der Waals surface area (Å²) < 4.78 is 20.1. The summed E-state index contributed by atoms with van der Waals surface area (Å²) in [6.45, 7) is 5.39. The van der Waals surface area contributed by atoms with Gasteiger partial charge in [0.2, 0.25) is 0 Å². The van der Waals surface area contributed by atoms with E-state index in [4.69, 9.17) is 30.0 Å². The summed E-state index contributed by atoms with van der Waals surface area (Å²) in [7, 11) is 0. The topological polar surface area (TPSA) is 115 Å². The summed E-state index contributed by atoms with van der Waals surface area (Å²) in [5, 5.41) is 27.9. The van der Waals surface area contributed by atoms with Gasteiger partial charge in [0.15, 0.2) is 0 Å². The fourth-order valence-corrected chi connectivity index (χ4v) is 0. The van der Waals surface area contributed by atoms with Crippen molar-refractivity contribution >= 4 is 12.3 Å². The van der Waals surface area contributed by atoms with Crippen molar-refractivity contribution in [1.29, 1.82) is 0 Å². The summed E-state index contributed by atoms with van der Waals surface area (Å²) in [4.78, 5) is 17.1. The number of carbonyl (C=O) groups is 2.